The molecule has 0 spiro atoms. The molecule has 0 saturated heterocycles. The molecule has 2 N–H and O–H groups in total. The molecule has 0 radical (unpaired) electrons. The highest BCUT2D eigenvalue weighted by molar-refractivity contribution is 7.75. The van der Waals surface area contributed by atoms with Crippen molar-refractivity contribution in [2.75, 3.05) is 6.66 Å². The first kappa shape index (κ1) is 17.4. The third-order valence-electron chi connectivity index (χ3n) is 2.99. The summed E-state index contributed by atoms with van der Waals surface area (Å²) in [5.41, 5.74) is 2.80. The van der Waals surface area contributed by atoms with E-state index in [4.69, 9.17) is 28.3 Å². The Labute approximate surface area is 143 Å². The number of aromatic hydroxyl groups is 1. The molecule has 0 aliphatic rings. The summed E-state index contributed by atoms with van der Waals surface area (Å²) in [5, 5.41) is 18.8. The van der Waals surface area contributed by atoms with Crippen molar-refractivity contribution in [1.82, 2.24) is 0 Å². The standard InChI is InChI=1S/C16H11Cl2O4P/c1-23(22,12-4-2-3-11(19)9-12)6-5-10-7-13(17)15(16(20)21)14(18)8-10/h2-4,7-9,19H,1H3,(H,20,21). The van der Waals surface area contributed by atoms with Crippen LogP contribution in [0, 0.1) is 11.6 Å². The van der Waals surface area contributed by atoms with Crippen molar-refractivity contribution in [3.8, 4) is 17.3 Å². The third-order valence-corrected chi connectivity index (χ3v) is 5.39. The number of hydrogen-bond acceptors (Lipinski definition) is 3. The maximum atomic E-state index is 12.6. The summed E-state index contributed by atoms with van der Waals surface area (Å²) < 4.78 is 12.6. The van der Waals surface area contributed by atoms with Crippen molar-refractivity contribution in [1.29, 1.82) is 0 Å². The lowest BCUT2D eigenvalue weighted by Crippen LogP contribution is -2.01. The Morgan fingerprint density at radius 1 is 1.17 bits per heavy atom. The van der Waals surface area contributed by atoms with Gasteiger partial charge in [0.25, 0.3) is 0 Å². The largest absolute Gasteiger partial charge is 0.508 e. The first-order valence-corrected chi connectivity index (χ1v) is 9.24. The van der Waals surface area contributed by atoms with Crippen LogP contribution in [0.1, 0.15) is 15.9 Å². The zero-order valence-electron chi connectivity index (χ0n) is 11.9. The Bertz CT molecular complexity index is 873. The Hall–Kier alpha value is -1.92. The number of phenolic OH excluding ortho intramolecular Hbond substituents is 1. The maximum Gasteiger partial charge on any atom is 0.338 e. The number of halogens is 2. The van der Waals surface area contributed by atoms with Crippen LogP contribution in [0.5, 0.6) is 5.75 Å². The lowest BCUT2D eigenvalue weighted by atomic mass is 10.1. The average molecular weight is 369 g/mol. The zero-order valence-corrected chi connectivity index (χ0v) is 14.3. The predicted octanol–water partition coefficient (Wildman–Crippen LogP) is 4.02. The summed E-state index contributed by atoms with van der Waals surface area (Å²) in [6.07, 6.45) is 0. The van der Waals surface area contributed by atoms with Gasteiger partial charge in [-0.1, -0.05) is 41.3 Å². The van der Waals surface area contributed by atoms with E-state index >= 15 is 0 Å². The smallest absolute Gasteiger partial charge is 0.338 e. The van der Waals surface area contributed by atoms with Crippen molar-refractivity contribution in [3.05, 3.63) is 57.6 Å². The number of benzene rings is 2. The van der Waals surface area contributed by atoms with Crippen LogP contribution in [0.25, 0.3) is 0 Å². The van der Waals surface area contributed by atoms with Crippen molar-refractivity contribution in [2.24, 2.45) is 0 Å². The van der Waals surface area contributed by atoms with Gasteiger partial charge in [-0.15, -0.1) is 0 Å². The van der Waals surface area contributed by atoms with Gasteiger partial charge in [0.15, 0.2) is 7.14 Å². The molecule has 0 aromatic heterocycles. The number of hydrogen-bond donors (Lipinski definition) is 2. The van der Waals surface area contributed by atoms with Gasteiger partial charge in [-0.3, -0.25) is 0 Å². The van der Waals surface area contributed by atoms with Crippen molar-refractivity contribution in [3.63, 3.8) is 0 Å². The normalized spacial score (nSPS) is 12.8. The molecule has 4 nitrogen and oxygen atoms in total. The minimum atomic E-state index is -3.02. The van der Waals surface area contributed by atoms with E-state index in [1.54, 1.807) is 12.1 Å². The first-order valence-electron chi connectivity index (χ1n) is 6.33. The summed E-state index contributed by atoms with van der Waals surface area (Å²) in [6.45, 7) is 1.48. The fourth-order valence-electron chi connectivity index (χ4n) is 1.84. The molecule has 0 saturated carbocycles. The van der Waals surface area contributed by atoms with E-state index in [2.05, 4.69) is 11.6 Å². The number of carboxylic acids is 1. The molecule has 2 aromatic rings. The average Bonchev–Trinajstić information content (AvgIpc) is 2.44. The second kappa shape index (κ2) is 6.68. The van der Waals surface area contributed by atoms with Crippen LogP contribution >= 0.6 is 30.3 Å². The minimum absolute atomic E-state index is 0.00303. The quantitative estimate of drug-likeness (QED) is 0.619. The van der Waals surface area contributed by atoms with Crippen molar-refractivity contribution < 1.29 is 19.6 Å². The van der Waals surface area contributed by atoms with Crippen molar-refractivity contribution >= 4 is 41.6 Å². The summed E-state index contributed by atoms with van der Waals surface area (Å²) >= 11 is 11.8. The molecule has 1 unspecified atom stereocenters. The topological polar surface area (TPSA) is 74.6 Å². The molecule has 23 heavy (non-hydrogen) atoms. The van der Waals surface area contributed by atoms with Gasteiger partial charge in [-0.2, -0.15) is 0 Å². The highest BCUT2D eigenvalue weighted by Crippen LogP contribution is 2.39. The molecular formula is C16H11Cl2O4P. The van der Waals surface area contributed by atoms with Crippen LogP contribution in [-0.4, -0.2) is 22.8 Å². The van der Waals surface area contributed by atoms with Gasteiger partial charge in [0, 0.05) is 17.5 Å². The molecule has 0 bridgehead atoms. The first-order chi connectivity index (χ1) is 10.7. The minimum Gasteiger partial charge on any atom is -0.508 e. The van der Waals surface area contributed by atoms with E-state index in [9.17, 15) is 14.5 Å². The number of carboxylic acid groups (broad SMARTS) is 1. The van der Waals surface area contributed by atoms with Crippen LogP contribution in [0.4, 0.5) is 0 Å². The second-order valence-corrected chi connectivity index (χ2v) is 8.20. The molecule has 0 aliphatic heterocycles. The number of aromatic carboxylic acids is 1. The highest BCUT2D eigenvalue weighted by Gasteiger charge is 2.17. The van der Waals surface area contributed by atoms with Gasteiger partial charge in [0.05, 0.1) is 15.6 Å². The van der Waals surface area contributed by atoms with Gasteiger partial charge >= 0.3 is 5.97 Å². The van der Waals surface area contributed by atoms with Gasteiger partial charge in [-0.05, 0) is 29.9 Å². The Balaban J connectivity index is 2.42. The molecule has 0 aliphatic carbocycles. The van der Waals surface area contributed by atoms with Crippen LogP contribution in [0.3, 0.4) is 0 Å². The van der Waals surface area contributed by atoms with Gasteiger partial charge < -0.3 is 14.8 Å². The Kier molecular flexibility index (Phi) is 5.06. The Morgan fingerprint density at radius 2 is 1.78 bits per heavy atom. The van der Waals surface area contributed by atoms with E-state index in [1.807, 2.05) is 0 Å². The third kappa shape index (κ3) is 4.09. The maximum absolute atomic E-state index is 12.6. The van der Waals surface area contributed by atoms with Crippen LogP contribution in [0.2, 0.25) is 10.0 Å². The van der Waals surface area contributed by atoms with Crippen LogP contribution in [-0.2, 0) is 4.57 Å². The van der Waals surface area contributed by atoms with E-state index < -0.39 is 13.1 Å². The van der Waals surface area contributed by atoms with Gasteiger partial charge in [-0.25, -0.2) is 4.79 Å². The second-order valence-electron chi connectivity index (χ2n) is 4.80. The van der Waals surface area contributed by atoms with E-state index in [1.165, 1.54) is 30.9 Å². The number of rotatable bonds is 2. The molecular weight excluding hydrogens is 358 g/mol. The highest BCUT2D eigenvalue weighted by atomic mass is 35.5. The molecule has 1 atom stereocenters. The van der Waals surface area contributed by atoms with E-state index in [0.717, 1.165) is 0 Å². The molecule has 118 valence electrons. The van der Waals surface area contributed by atoms with Crippen LogP contribution < -0.4 is 5.30 Å². The molecule has 2 aromatic carbocycles. The van der Waals surface area contributed by atoms with Gasteiger partial charge in [0.2, 0.25) is 0 Å². The molecule has 0 heterocycles. The van der Waals surface area contributed by atoms with E-state index in [0.29, 0.717) is 10.9 Å². The Morgan fingerprint density at radius 3 is 2.30 bits per heavy atom. The molecule has 2 rings (SSSR count). The van der Waals surface area contributed by atoms with Crippen LogP contribution in [0.15, 0.2) is 36.4 Å². The number of phenols is 1. The summed E-state index contributed by atoms with van der Waals surface area (Å²) in [6, 6.07) is 8.77. The molecule has 0 fully saturated rings. The summed E-state index contributed by atoms with van der Waals surface area (Å²) in [4.78, 5) is 11.0. The van der Waals surface area contributed by atoms with Crippen molar-refractivity contribution in [2.45, 2.75) is 0 Å². The predicted molar refractivity (Wildman–Crippen MR) is 91.6 cm³/mol. The molecule has 7 heteroatoms. The summed E-state index contributed by atoms with van der Waals surface area (Å²) in [5.74, 6) is 1.46. The van der Waals surface area contributed by atoms with Gasteiger partial charge in [0.1, 0.15) is 5.75 Å². The SMILES string of the molecule is CP(=O)(C#Cc1cc(Cl)c(C(=O)O)c(Cl)c1)c1cccc(O)c1. The zero-order chi connectivity index (χ0) is 17.2. The fourth-order valence-corrected chi connectivity index (χ4v) is 3.71. The lowest BCUT2D eigenvalue weighted by Gasteiger charge is -2.06. The lowest BCUT2D eigenvalue weighted by molar-refractivity contribution is 0.0697. The number of carbonyl (C=O) groups is 1. The fraction of sp³-hybridized carbons (Fsp3) is 0.0625. The molecule has 0 amide bonds. The van der Waals surface area contributed by atoms with E-state index in [-0.39, 0.29) is 21.4 Å². The summed E-state index contributed by atoms with van der Waals surface area (Å²) in [7, 11) is -3.02. The monoisotopic (exact) mass is 368 g/mol.